The van der Waals surface area contributed by atoms with E-state index in [1.54, 1.807) is 24.3 Å². The first-order chi connectivity index (χ1) is 18.4. The lowest BCUT2D eigenvalue weighted by molar-refractivity contribution is -0.135. The minimum atomic E-state index is -1.14. The normalized spacial score (nSPS) is 29.0. The number of benzene rings is 2. The Morgan fingerprint density at radius 2 is 1.74 bits per heavy atom. The molecule has 3 aliphatic heterocycles. The quantitative estimate of drug-likeness (QED) is 0.449. The molecule has 2 aromatic carbocycles. The Labute approximate surface area is 236 Å². The number of ether oxygens (including phenoxy) is 2. The van der Waals surface area contributed by atoms with Crippen molar-refractivity contribution >= 4 is 52.3 Å². The van der Waals surface area contributed by atoms with Gasteiger partial charge in [-0.3, -0.25) is 9.59 Å². The number of rotatable bonds is 4. The zero-order valence-electron chi connectivity index (χ0n) is 20.5. The number of fused-ring (bicyclic) bond motifs is 2. The van der Waals surface area contributed by atoms with E-state index in [-0.39, 0.29) is 36.2 Å². The van der Waals surface area contributed by atoms with Gasteiger partial charge < -0.3 is 20.1 Å². The van der Waals surface area contributed by atoms with Crippen molar-refractivity contribution in [2.75, 3.05) is 18.5 Å². The van der Waals surface area contributed by atoms with E-state index in [0.717, 1.165) is 18.4 Å². The van der Waals surface area contributed by atoms with Gasteiger partial charge in [0.05, 0.1) is 19.3 Å². The predicted molar refractivity (Wildman–Crippen MR) is 148 cm³/mol. The van der Waals surface area contributed by atoms with Crippen LogP contribution in [-0.2, 0) is 19.7 Å². The minimum Gasteiger partial charge on any atom is -0.490 e. The van der Waals surface area contributed by atoms with Crippen LogP contribution in [0.1, 0.15) is 42.9 Å². The van der Waals surface area contributed by atoms with Crippen molar-refractivity contribution < 1.29 is 19.1 Å². The molecule has 0 saturated carbocycles. The first kappa shape index (κ1) is 25.8. The molecule has 0 aromatic heterocycles. The highest BCUT2D eigenvalue weighted by Crippen LogP contribution is 2.58. The summed E-state index contributed by atoms with van der Waals surface area (Å²) >= 11 is 19.3. The topological polar surface area (TPSA) is 76.7 Å². The van der Waals surface area contributed by atoms with Crippen LogP contribution in [0.3, 0.4) is 0 Å². The molecule has 198 valence electrons. The van der Waals surface area contributed by atoms with Crippen LogP contribution in [0.2, 0.25) is 10.0 Å². The van der Waals surface area contributed by atoms with E-state index >= 15 is 0 Å². The molecule has 2 amide bonds. The molecule has 1 spiro atoms. The summed E-state index contributed by atoms with van der Waals surface area (Å²) in [5.41, 5.74) is 0.957. The molecule has 0 radical (unpaired) electrons. The van der Waals surface area contributed by atoms with E-state index in [0.29, 0.717) is 51.7 Å². The van der Waals surface area contributed by atoms with Gasteiger partial charge in [0, 0.05) is 45.6 Å². The molecule has 2 fully saturated rings. The number of piperidine rings is 1. The molecule has 38 heavy (non-hydrogen) atoms. The molecular weight excluding hydrogens is 547 g/mol. The predicted octanol–water partition coefficient (Wildman–Crippen LogP) is 6.32. The largest absolute Gasteiger partial charge is 0.490 e. The maximum Gasteiger partial charge on any atom is 0.237 e. The van der Waals surface area contributed by atoms with Crippen molar-refractivity contribution in [1.82, 2.24) is 5.32 Å². The molecule has 1 aliphatic carbocycles. The standard InChI is InChI=1S/C29H27Cl3N2O4/c30-17-3-1-2-16(12-17)23-15-26(35)34-27(29(23)22-6-4-19(32)14-24(22)33-28(29)36)21-13-18(31)5-7-25(21)38-20-8-10-37-11-9-20/h1-7,13-14,16,20,23,27H,8-12,15H2,(H,33,36)(H,34,35)/t16?,23-,27+,29-/m0/s1. The zero-order chi connectivity index (χ0) is 26.4. The van der Waals surface area contributed by atoms with Crippen LogP contribution in [0.25, 0.3) is 0 Å². The molecule has 2 N–H and O–H groups in total. The first-order valence-electron chi connectivity index (χ1n) is 12.8. The van der Waals surface area contributed by atoms with Gasteiger partial charge in [-0.15, -0.1) is 0 Å². The number of hydrogen-bond acceptors (Lipinski definition) is 4. The van der Waals surface area contributed by atoms with E-state index < -0.39 is 11.5 Å². The van der Waals surface area contributed by atoms with E-state index in [1.165, 1.54) is 0 Å². The summed E-state index contributed by atoms with van der Waals surface area (Å²) in [5, 5.41) is 7.94. The Morgan fingerprint density at radius 1 is 0.974 bits per heavy atom. The van der Waals surface area contributed by atoms with Gasteiger partial charge in [0.1, 0.15) is 17.3 Å². The van der Waals surface area contributed by atoms with Gasteiger partial charge in [-0.1, -0.05) is 53.0 Å². The number of halogens is 3. The second-order valence-electron chi connectivity index (χ2n) is 10.3. The third-order valence-corrected chi connectivity index (χ3v) is 8.88. The monoisotopic (exact) mass is 572 g/mol. The van der Waals surface area contributed by atoms with Gasteiger partial charge in [-0.25, -0.2) is 0 Å². The number of hydrogen-bond donors (Lipinski definition) is 2. The van der Waals surface area contributed by atoms with E-state index in [4.69, 9.17) is 44.3 Å². The van der Waals surface area contributed by atoms with E-state index in [2.05, 4.69) is 10.6 Å². The molecule has 4 aliphatic rings. The highest BCUT2D eigenvalue weighted by molar-refractivity contribution is 6.31. The number of anilines is 1. The summed E-state index contributed by atoms with van der Waals surface area (Å²) in [6.45, 7) is 1.25. The maximum absolute atomic E-state index is 14.3. The fraction of sp³-hybridized carbons (Fsp3) is 0.379. The van der Waals surface area contributed by atoms with Gasteiger partial charge in [-0.2, -0.15) is 0 Å². The Balaban J connectivity index is 1.54. The number of allylic oxidation sites excluding steroid dienone is 4. The lowest BCUT2D eigenvalue weighted by Gasteiger charge is -2.49. The molecule has 0 bridgehead atoms. The van der Waals surface area contributed by atoms with E-state index in [1.807, 2.05) is 30.4 Å². The third-order valence-electron chi connectivity index (χ3n) is 8.13. The Hall–Kier alpha value is -2.51. The highest BCUT2D eigenvalue weighted by Gasteiger charge is 2.62. The van der Waals surface area contributed by atoms with Crippen LogP contribution in [0.5, 0.6) is 5.75 Å². The number of amides is 2. The van der Waals surface area contributed by atoms with Crippen LogP contribution >= 0.6 is 34.8 Å². The van der Waals surface area contributed by atoms with Crippen molar-refractivity contribution in [3.63, 3.8) is 0 Å². The maximum atomic E-state index is 14.3. The third kappa shape index (κ3) is 4.41. The summed E-state index contributed by atoms with van der Waals surface area (Å²) in [6, 6.07) is 10.1. The molecular formula is C29H27Cl3N2O4. The highest BCUT2D eigenvalue weighted by atomic mass is 35.5. The fourth-order valence-corrected chi connectivity index (χ4v) is 7.07. The Bertz CT molecular complexity index is 1350. The van der Waals surface area contributed by atoms with Crippen LogP contribution in [0.4, 0.5) is 5.69 Å². The molecule has 2 saturated heterocycles. The molecule has 4 atom stereocenters. The number of nitrogens with one attached hydrogen (secondary N) is 2. The molecule has 2 aromatic rings. The Morgan fingerprint density at radius 3 is 2.53 bits per heavy atom. The number of carbonyl (C=O) groups excluding carboxylic acids is 2. The van der Waals surface area contributed by atoms with Crippen LogP contribution in [-0.4, -0.2) is 31.1 Å². The van der Waals surface area contributed by atoms with Crippen molar-refractivity contribution in [2.45, 2.75) is 43.2 Å². The SMILES string of the molecule is O=C1C[C@@H](C2C=CC=C(Cl)C2)[C@]2(C(=O)Nc3cc(Cl)ccc32)[C@@H](c2cc(Cl)ccc2OC2CCOCC2)N1. The van der Waals surface area contributed by atoms with E-state index in [9.17, 15) is 9.59 Å². The zero-order valence-corrected chi connectivity index (χ0v) is 22.8. The lowest BCUT2D eigenvalue weighted by Crippen LogP contribution is -2.59. The molecule has 1 unspecified atom stereocenters. The minimum absolute atomic E-state index is 0.0385. The average molecular weight is 574 g/mol. The summed E-state index contributed by atoms with van der Waals surface area (Å²) in [7, 11) is 0. The van der Waals surface area contributed by atoms with Crippen LogP contribution in [0, 0.1) is 11.8 Å². The second kappa shape index (κ2) is 10.2. The smallest absolute Gasteiger partial charge is 0.237 e. The second-order valence-corrected chi connectivity index (χ2v) is 11.7. The Kier molecular flexibility index (Phi) is 6.93. The first-order valence-corrected chi connectivity index (χ1v) is 14.0. The van der Waals surface area contributed by atoms with Gasteiger partial charge >= 0.3 is 0 Å². The summed E-state index contributed by atoms with van der Waals surface area (Å²) < 4.78 is 12.0. The van der Waals surface area contributed by atoms with Crippen molar-refractivity contribution in [2.24, 2.45) is 11.8 Å². The molecule has 9 heteroatoms. The van der Waals surface area contributed by atoms with Gasteiger partial charge in [0.2, 0.25) is 11.8 Å². The molecule has 6 rings (SSSR count). The van der Waals surface area contributed by atoms with Crippen LogP contribution < -0.4 is 15.4 Å². The van der Waals surface area contributed by atoms with Gasteiger partial charge in [0.15, 0.2) is 0 Å². The number of carbonyl (C=O) groups is 2. The average Bonchev–Trinajstić information content (AvgIpc) is 3.18. The molecule has 6 nitrogen and oxygen atoms in total. The van der Waals surface area contributed by atoms with Crippen molar-refractivity contribution in [3.05, 3.63) is 80.8 Å². The van der Waals surface area contributed by atoms with Gasteiger partial charge in [0.25, 0.3) is 0 Å². The summed E-state index contributed by atoms with van der Waals surface area (Å²) in [5.74, 6) is -0.249. The molecule has 3 heterocycles. The summed E-state index contributed by atoms with van der Waals surface area (Å²) in [6.07, 6.45) is 7.99. The fourth-order valence-electron chi connectivity index (χ4n) is 6.47. The van der Waals surface area contributed by atoms with Crippen molar-refractivity contribution in [1.29, 1.82) is 0 Å². The summed E-state index contributed by atoms with van der Waals surface area (Å²) in [4.78, 5) is 27.6. The van der Waals surface area contributed by atoms with Crippen molar-refractivity contribution in [3.8, 4) is 5.75 Å². The van der Waals surface area contributed by atoms with Crippen LogP contribution in [0.15, 0.2) is 59.7 Å². The lowest BCUT2D eigenvalue weighted by atomic mass is 9.57. The van der Waals surface area contributed by atoms with Gasteiger partial charge in [-0.05, 0) is 60.2 Å².